The molecule has 0 radical (unpaired) electrons. The Morgan fingerprint density at radius 2 is 2.27 bits per heavy atom. The van der Waals surface area contributed by atoms with E-state index in [1.165, 1.54) is 25.9 Å². The van der Waals surface area contributed by atoms with Crippen LogP contribution in [-0.2, 0) is 0 Å². The zero-order valence-electron chi connectivity index (χ0n) is 7.48. The van der Waals surface area contributed by atoms with E-state index >= 15 is 0 Å². The zero-order chi connectivity index (χ0) is 7.90. The van der Waals surface area contributed by atoms with E-state index in [2.05, 4.69) is 24.5 Å². The summed E-state index contributed by atoms with van der Waals surface area (Å²) in [7, 11) is 0. The lowest BCUT2D eigenvalue weighted by Gasteiger charge is -2.50. The Hall–Kier alpha value is -0.0800. The topological polar surface area (TPSA) is 24.1 Å². The molecule has 0 aromatic rings. The second kappa shape index (κ2) is 2.46. The van der Waals surface area contributed by atoms with Crippen molar-refractivity contribution in [3.05, 3.63) is 0 Å². The van der Waals surface area contributed by atoms with Crippen LogP contribution in [0.3, 0.4) is 0 Å². The van der Waals surface area contributed by atoms with E-state index in [0.29, 0.717) is 5.54 Å². The highest BCUT2D eigenvalue weighted by molar-refractivity contribution is 5.12. The van der Waals surface area contributed by atoms with E-state index < -0.39 is 0 Å². The largest absolute Gasteiger partial charge is 0.310 e. The summed E-state index contributed by atoms with van der Waals surface area (Å²) in [5, 5.41) is 7.15. The molecule has 11 heavy (non-hydrogen) atoms. The van der Waals surface area contributed by atoms with Gasteiger partial charge in [-0.3, -0.25) is 0 Å². The van der Waals surface area contributed by atoms with Crippen LogP contribution in [-0.4, -0.2) is 24.7 Å². The lowest BCUT2D eigenvalue weighted by atomic mass is 9.75. The molecule has 64 valence electrons. The predicted molar refractivity (Wildman–Crippen MR) is 46.6 cm³/mol. The maximum Gasteiger partial charge on any atom is 0.0464 e. The Bertz CT molecular complexity index is 148. The van der Waals surface area contributed by atoms with Gasteiger partial charge in [-0.1, -0.05) is 13.8 Å². The van der Waals surface area contributed by atoms with Crippen molar-refractivity contribution in [2.45, 2.75) is 38.3 Å². The molecule has 1 spiro atoms. The lowest BCUT2D eigenvalue weighted by molar-refractivity contribution is 0.115. The van der Waals surface area contributed by atoms with Crippen LogP contribution >= 0.6 is 0 Å². The fourth-order valence-corrected chi connectivity index (χ4v) is 2.59. The average molecular weight is 154 g/mol. The molecule has 0 amide bonds. The van der Waals surface area contributed by atoms with Gasteiger partial charge in [0.05, 0.1) is 0 Å². The van der Waals surface area contributed by atoms with Gasteiger partial charge in [0.15, 0.2) is 0 Å². The molecule has 2 aliphatic rings. The highest BCUT2D eigenvalue weighted by Crippen LogP contribution is 2.32. The molecule has 2 N–H and O–H groups in total. The van der Waals surface area contributed by atoms with Gasteiger partial charge in [-0.15, -0.1) is 0 Å². The van der Waals surface area contributed by atoms with Gasteiger partial charge in [-0.05, 0) is 25.3 Å². The molecule has 2 saturated heterocycles. The molecule has 2 heterocycles. The first-order valence-electron chi connectivity index (χ1n) is 4.73. The first-order chi connectivity index (χ1) is 5.25. The zero-order valence-corrected chi connectivity index (χ0v) is 7.48. The molecule has 2 aliphatic heterocycles. The van der Waals surface area contributed by atoms with Crippen LogP contribution in [0.5, 0.6) is 0 Å². The van der Waals surface area contributed by atoms with Gasteiger partial charge in [0.2, 0.25) is 0 Å². The second-order valence-corrected chi connectivity index (χ2v) is 4.29. The molecular formula is C9H18N2. The predicted octanol–water partition coefficient (Wildman–Crippen LogP) is 0.736. The number of hydrogen-bond acceptors (Lipinski definition) is 2. The van der Waals surface area contributed by atoms with Gasteiger partial charge in [0.1, 0.15) is 0 Å². The third-order valence-electron chi connectivity index (χ3n) is 3.18. The summed E-state index contributed by atoms with van der Waals surface area (Å²) in [5.74, 6) is 0.773. The quantitative estimate of drug-likeness (QED) is 0.582. The highest BCUT2D eigenvalue weighted by atomic mass is 15.2. The van der Waals surface area contributed by atoms with Crippen LogP contribution in [0.4, 0.5) is 0 Å². The van der Waals surface area contributed by atoms with Crippen LogP contribution in [0, 0.1) is 5.92 Å². The average Bonchev–Trinajstić information content (AvgIpc) is 2.31. The maximum atomic E-state index is 3.64. The first kappa shape index (κ1) is 7.56. The van der Waals surface area contributed by atoms with Crippen molar-refractivity contribution in [2.75, 3.05) is 13.1 Å². The minimum absolute atomic E-state index is 0.494. The van der Waals surface area contributed by atoms with Gasteiger partial charge in [-0.25, -0.2) is 0 Å². The minimum atomic E-state index is 0.494. The van der Waals surface area contributed by atoms with Crippen molar-refractivity contribution in [1.29, 1.82) is 0 Å². The SMILES string of the molecule is CC(C)C1NCC12CCCN2. The summed E-state index contributed by atoms with van der Waals surface area (Å²) in [6.45, 7) is 7.03. The first-order valence-corrected chi connectivity index (χ1v) is 4.73. The van der Waals surface area contributed by atoms with Gasteiger partial charge in [-0.2, -0.15) is 0 Å². The molecule has 2 heteroatoms. The van der Waals surface area contributed by atoms with Crippen LogP contribution < -0.4 is 10.6 Å². The Kier molecular flexibility index (Phi) is 1.69. The molecule has 0 saturated carbocycles. The summed E-state index contributed by atoms with van der Waals surface area (Å²) in [5.41, 5.74) is 0.494. The molecule has 2 fully saturated rings. The molecule has 2 nitrogen and oxygen atoms in total. The van der Waals surface area contributed by atoms with Crippen molar-refractivity contribution in [3.63, 3.8) is 0 Å². The van der Waals surface area contributed by atoms with Crippen molar-refractivity contribution >= 4 is 0 Å². The lowest BCUT2D eigenvalue weighted by Crippen LogP contribution is -2.74. The third kappa shape index (κ3) is 1.00. The fourth-order valence-electron chi connectivity index (χ4n) is 2.59. The summed E-state index contributed by atoms with van der Waals surface area (Å²) >= 11 is 0. The molecule has 2 unspecified atom stereocenters. The molecular weight excluding hydrogens is 136 g/mol. The standard InChI is InChI=1S/C9H18N2/c1-7(2)8-9(6-10-8)4-3-5-11-9/h7-8,10-11H,3-6H2,1-2H3. The van der Waals surface area contributed by atoms with Crippen molar-refractivity contribution in [2.24, 2.45) is 5.92 Å². The fraction of sp³-hybridized carbons (Fsp3) is 1.00. The van der Waals surface area contributed by atoms with E-state index in [-0.39, 0.29) is 0 Å². The van der Waals surface area contributed by atoms with E-state index in [9.17, 15) is 0 Å². The Morgan fingerprint density at radius 3 is 2.64 bits per heavy atom. The second-order valence-electron chi connectivity index (χ2n) is 4.29. The van der Waals surface area contributed by atoms with Crippen LogP contribution in [0.1, 0.15) is 26.7 Å². The smallest absolute Gasteiger partial charge is 0.0464 e. The van der Waals surface area contributed by atoms with Crippen molar-refractivity contribution in [1.82, 2.24) is 10.6 Å². The molecule has 0 bridgehead atoms. The minimum Gasteiger partial charge on any atom is -0.310 e. The summed E-state index contributed by atoms with van der Waals surface area (Å²) in [4.78, 5) is 0. The van der Waals surface area contributed by atoms with Crippen LogP contribution in [0.15, 0.2) is 0 Å². The summed E-state index contributed by atoms with van der Waals surface area (Å²) in [6, 6.07) is 0.727. The maximum absolute atomic E-state index is 3.64. The Morgan fingerprint density at radius 1 is 1.45 bits per heavy atom. The van der Waals surface area contributed by atoms with E-state index in [1.807, 2.05) is 0 Å². The Balaban J connectivity index is 2.03. The normalized spacial score (nSPS) is 43.4. The van der Waals surface area contributed by atoms with Crippen LogP contribution in [0.25, 0.3) is 0 Å². The van der Waals surface area contributed by atoms with E-state index in [1.54, 1.807) is 0 Å². The van der Waals surface area contributed by atoms with Gasteiger partial charge >= 0.3 is 0 Å². The summed E-state index contributed by atoms with van der Waals surface area (Å²) < 4.78 is 0. The number of nitrogens with one attached hydrogen (secondary N) is 2. The highest BCUT2D eigenvalue weighted by Gasteiger charge is 2.48. The van der Waals surface area contributed by atoms with E-state index in [0.717, 1.165) is 12.0 Å². The van der Waals surface area contributed by atoms with Gasteiger partial charge in [0, 0.05) is 18.1 Å². The molecule has 0 aromatic carbocycles. The van der Waals surface area contributed by atoms with E-state index in [4.69, 9.17) is 0 Å². The monoisotopic (exact) mass is 154 g/mol. The molecule has 2 atom stereocenters. The van der Waals surface area contributed by atoms with Crippen LogP contribution in [0.2, 0.25) is 0 Å². The number of hydrogen-bond donors (Lipinski definition) is 2. The molecule has 0 aliphatic carbocycles. The Labute approximate surface area is 68.7 Å². The van der Waals surface area contributed by atoms with Crippen molar-refractivity contribution in [3.8, 4) is 0 Å². The van der Waals surface area contributed by atoms with Gasteiger partial charge < -0.3 is 10.6 Å². The number of rotatable bonds is 1. The van der Waals surface area contributed by atoms with Crippen molar-refractivity contribution < 1.29 is 0 Å². The van der Waals surface area contributed by atoms with Gasteiger partial charge in [0.25, 0.3) is 0 Å². The molecule has 0 aromatic heterocycles. The molecule has 2 rings (SSSR count). The summed E-state index contributed by atoms with van der Waals surface area (Å²) in [6.07, 6.45) is 2.74. The third-order valence-corrected chi connectivity index (χ3v) is 3.18.